The van der Waals surface area contributed by atoms with Crippen LogP contribution in [0.2, 0.25) is 0 Å². The van der Waals surface area contributed by atoms with Crippen LogP contribution in [0.25, 0.3) is 0 Å². The van der Waals surface area contributed by atoms with E-state index in [0.29, 0.717) is 12.4 Å². The highest BCUT2D eigenvalue weighted by atomic mass is 32.2. The summed E-state index contributed by atoms with van der Waals surface area (Å²) in [4.78, 5) is 18.1. The van der Waals surface area contributed by atoms with Crippen molar-refractivity contribution in [2.45, 2.75) is 0 Å². The molecule has 2 aliphatic rings. The molecule has 17 heavy (non-hydrogen) atoms. The summed E-state index contributed by atoms with van der Waals surface area (Å²) in [5, 5.41) is 0. The van der Waals surface area contributed by atoms with E-state index in [1.807, 2.05) is 11.8 Å². The Bertz CT molecular complexity index is 513. The largest absolute Gasteiger partial charge is 0.497 e. The van der Waals surface area contributed by atoms with E-state index in [0.717, 1.165) is 22.8 Å². The fourth-order valence-electron chi connectivity index (χ4n) is 2.10. The van der Waals surface area contributed by atoms with Crippen LogP contribution in [0, 0.1) is 0 Å². The van der Waals surface area contributed by atoms with Gasteiger partial charge in [0.1, 0.15) is 11.6 Å². The van der Waals surface area contributed by atoms with E-state index in [1.165, 1.54) is 5.57 Å². The molecule has 0 saturated carbocycles. The highest BCUT2D eigenvalue weighted by Gasteiger charge is 2.34. The normalized spacial score (nSPS) is 18.9. The van der Waals surface area contributed by atoms with Gasteiger partial charge in [0, 0.05) is 29.3 Å². The molecular weight excluding hydrogens is 236 g/mol. The number of methoxy groups -OCH3 is 1. The van der Waals surface area contributed by atoms with Crippen molar-refractivity contribution in [2.75, 3.05) is 30.1 Å². The molecule has 88 valence electrons. The van der Waals surface area contributed by atoms with Gasteiger partial charge >= 0.3 is 0 Å². The Morgan fingerprint density at radius 1 is 1.47 bits per heavy atom. The number of hydrogen-bond donors (Lipinski definition) is 0. The quantitative estimate of drug-likeness (QED) is 0.795. The Morgan fingerprint density at radius 3 is 3.12 bits per heavy atom. The topological polar surface area (TPSA) is 42.4 Å². The minimum atomic E-state index is 0.103. The second-order valence-corrected chi connectivity index (χ2v) is 5.01. The van der Waals surface area contributed by atoms with E-state index in [-0.39, 0.29) is 5.91 Å². The van der Waals surface area contributed by atoms with Crippen LogP contribution in [0.3, 0.4) is 0 Å². The predicted octanol–water partition coefficient (Wildman–Crippen LogP) is 1.48. The van der Waals surface area contributed by atoms with Gasteiger partial charge in [-0.3, -0.25) is 9.69 Å². The van der Waals surface area contributed by atoms with E-state index in [1.54, 1.807) is 30.3 Å². The number of aromatic nitrogens is 1. The maximum absolute atomic E-state index is 12.2. The summed E-state index contributed by atoms with van der Waals surface area (Å²) in [6, 6.07) is 3.58. The van der Waals surface area contributed by atoms with Crippen molar-refractivity contribution in [3.05, 3.63) is 29.5 Å². The van der Waals surface area contributed by atoms with E-state index in [9.17, 15) is 4.79 Å². The molecule has 5 heteroatoms. The minimum Gasteiger partial charge on any atom is -0.497 e. The molecule has 2 aliphatic heterocycles. The van der Waals surface area contributed by atoms with Gasteiger partial charge in [0.15, 0.2) is 0 Å². The molecule has 0 aromatic carbocycles. The van der Waals surface area contributed by atoms with Crippen molar-refractivity contribution in [3.63, 3.8) is 0 Å². The molecule has 4 nitrogen and oxygen atoms in total. The van der Waals surface area contributed by atoms with Gasteiger partial charge in [0.05, 0.1) is 13.7 Å². The Kier molecular flexibility index (Phi) is 2.55. The van der Waals surface area contributed by atoms with Gasteiger partial charge in [-0.1, -0.05) is 0 Å². The lowest BCUT2D eigenvalue weighted by Gasteiger charge is -2.17. The van der Waals surface area contributed by atoms with Gasteiger partial charge < -0.3 is 4.74 Å². The second kappa shape index (κ2) is 4.07. The third-order valence-corrected chi connectivity index (χ3v) is 4.08. The van der Waals surface area contributed by atoms with Gasteiger partial charge in [-0.05, 0) is 11.6 Å². The summed E-state index contributed by atoms with van der Waals surface area (Å²) >= 11 is 1.81. The zero-order valence-corrected chi connectivity index (χ0v) is 10.3. The molecular formula is C12H12N2O2S. The van der Waals surface area contributed by atoms with Crippen molar-refractivity contribution in [3.8, 4) is 5.75 Å². The number of thioether (sulfide) groups is 1. The first kappa shape index (κ1) is 10.7. The minimum absolute atomic E-state index is 0.103. The molecule has 3 rings (SSSR count). The monoisotopic (exact) mass is 248 g/mol. The van der Waals surface area contributed by atoms with Crippen LogP contribution in [0.5, 0.6) is 5.75 Å². The summed E-state index contributed by atoms with van der Waals surface area (Å²) in [5.74, 6) is 3.32. The lowest BCUT2D eigenvalue weighted by atomic mass is 10.2. The summed E-state index contributed by atoms with van der Waals surface area (Å²) in [6.45, 7) is 0.682. The van der Waals surface area contributed by atoms with Crippen molar-refractivity contribution in [1.29, 1.82) is 0 Å². The van der Waals surface area contributed by atoms with E-state index in [4.69, 9.17) is 4.74 Å². The number of anilines is 1. The molecule has 0 aliphatic carbocycles. The van der Waals surface area contributed by atoms with Gasteiger partial charge in [-0.15, -0.1) is 0 Å². The molecule has 0 saturated heterocycles. The standard InChI is InChI=1S/C12H12N2O2S/c1-16-9-2-3-13-11(4-9)14-5-8-6-17-7-10(8)12(14)15/h2-4H,5-7H2,1H3. The van der Waals surface area contributed by atoms with Crippen LogP contribution in [-0.4, -0.2) is 36.1 Å². The third-order valence-electron chi connectivity index (χ3n) is 3.03. The first-order chi connectivity index (χ1) is 8.29. The Labute approximate surface area is 104 Å². The first-order valence-electron chi connectivity index (χ1n) is 5.40. The molecule has 0 atom stereocenters. The van der Waals surface area contributed by atoms with E-state index >= 15 is 0 Å². The Hall–Kier alpha value is -1.49. The number of carbonyl (C=O) groups is 1. The third kappa shape index (κ3) is 1.70. The number of pyridine rings is 1. The number of amides is 1. The van der Waals surface area contributed by atoms with E-state index < -0.39 is 0 Å². The fourth-order valence-corrected chi connectivity index (χ4v) is 3.25. The van der Waals surface area contributed by atoms with Crippen molar-refractivity contribution in [1.82, 2.24) is 4.98 Å². The van der Waals surface area contributed by atoms with Gasteiger partial charge in [0.25, 0.3) is 5.91 Å². The highest BCUT2D eigenvalue weighted by molar-refractivity contribution is 8.00. The molecule has 0 spiro atoms. The zero-order chi connectivity index (χ0) is 11.8. The predicted molar refractivity (Wildman–Crippen MR) is 67.5 cm³/mol. The lowest BCUT2D eigenvalue weighted by molar-refractivity contribution is -0.114. The SMILES string of the molecule is COc1ccnc(N2CC3=C(CSC3)C2=O)c1. The van der Waals surface area contributed by atoms with Crippen LogP contribution in [-0.2, 0) is 4.79 Å². The summed E-state index contributed by atoms with van der Waals surface area (Å²) in [6.07, 6.45) is 1.67. The number of rotatable bonds is 2. The number of nitrogens with zero attached hydrogens (tertiary/aromatic N) is 2. The first-order valence-corrected chi connectivity index (χ1v) is 6.55. The summed E-state index contributed by atoms with van der Waals surface area (Å²) in [5.41, 5.74) is 2.23. The molecule has 1 aromatic heterocycles. The molecule has 0 bridgehead atoms. The number of ether oxygens (including phenoxy) is 1. The molecule has 0 radical (unpaired) electrons. The maximum Gasteiger partial charge on any atom is 0.256 e. The van der Waals surface area contributed by atoms with Crippen LogP contribution in [0.1, 0.15) is 0 Å². The number of hydrogen-bond acceptors (Lipinski definition) is 4. The summed E-state index contributed by atoms with van der Waals surface area (Å²) in [7, 11) is 1.61. The average Bonchev–Trinajstić information content (AvgIpc) is 2.93. The second-order valence-electron chi connectivity index (χ2n) is 4.02. The highest BCUT2D eigenvalue weighted by Crippen LogP contribution is 2.34. The van der Waals surface area contributed by atoms with Crippen molar-refractivity contribution < 1.29 is 9.53 Å². The Morgan fingerprint density at radius 2 is 2.35 bits per heavy atom. The molecule has 0 N–H and O–H groups in total. The van der Waals surface area contributed by atoms with Crippen LogP contribution in [0.4, 0.5) is 5.82 Å². The molecule has 0 unspecified atom stereocenters. The smallest absolute Gasteiger partial charge is 0.256 e. The van der Waals surface area contributed by atoms with Crippen molar-refractivity contribution >= 4 is 23.5 Å². The molecule has 3 heterocycles. The van der Waals surface area contributed by atoms with Crippen molar-refractivity contribution in [2.24, 2.45) is 0 Å². The van der Waals surface area contributed by atoms with Gasteiger partial charge in [0.2, 0.25) is 0 Å². The Balaban J connectivity index is 1.89. The maximum atomic E-state index is 12.2. The molecule has 1 amide bonds. The van der Waals surface area contributed by atoms with Gasteiger partial charge in [-0.25, -0.2) is 4.98 Å². The fraction of sp³-hybridized carbons (Fsp3) is 0.333. The van der Waals surface area contributed by atoms with Crippen LogP contribution < -0.4 is 9.64 Å². The lowest BCUT2D eigenvalue weighted by Crippen LogP contribution is -2.28. The van der Waals surface area contributed by atoms with Crippen LogP contribution >= 0.6 is 11.8 Å². The van der Waals surface area contributed by atoms with Crippen LogP contribution in [0.15, 0.2) is 29.5 Å². The van der Waals surface area contributed by atoms with E-state index in [2.05, 4.69) is 4.98 Å². The summed E-state index contributed by atoms with van der Waals surface area (Å²) < 4.78 is 5.15. The molecule has 0 fully saturated rings. The van der Waals surface area contributed by atoms with Gasteiger partial charge in [-0.2, -0.15) is 11.8 Å². The molecule has 1 aromatic rings. The zero-order valence-electron chi connectivity index (χ0n) is 9.47. The average molecular weight is 248 g/mol. The number of carbonyl (C=O) groups excluding carboxylic acids is 1.